The highest BCUT2D eigenvalue weighted by atomic mass is 32.1. The van der Waals surface area contributed by atoms with Crippen LogP contribution in [0.4, 0.5) is 4.79 Å². The Balaban J connectivity index is 1.69. The number of rotatable bonds is 5. The van der Waals surface area contributed by atoms with Gasteiger partial charge >= 0.3 is 6.09 Å². The third kappa shape index (κ3) is 4.88. The van der Waals surface area contributed by atoms with Crippen molar-refractivity contribution in [2.24, 2.45) is 0 Å². The Morgan fingerprint density at radius 2 is 2.07 bits per heavy atom. The highest BCUT2D eigenvalue weighted by molar-refractivity contribution is 7.13. The van der Waals surface area contributed by atoms with Crippen molar-refractivity contribution >= 4 is 23.3 Å². The summed E-state index contributed by atoms with van der Waals surface area (Å²) in [5.41, 5.74) is -0.799. The maximum Gasteiger partial charge on any atom is 0.407 e. The van der Waals surface area contributed by atoms with Gasteiger partial charge in [0.2, 0.25) is 0 Å². The molecule has 0 unspecified atom stereocenters. The maximum atomic E-state index is 12.9. The van der Waals surface area contributed by atoms with Crippen LogP contribution < -0.4 is 10.6 Å². The van der Waals surface area contributed by atoms with Gasteiger partial charge < -0.3 is 19.8 Å². The van der Waals surface area contributed by atoms with Crippen LogP contribution in [0, 0.1) is 0 Å². The number of alkyl carbamates (subject to hydrolysis) is 1. The van der Waals surface area contributed by atoms with Gasteiger partial charge in [0.15, 0.2) is 17.8 Å². The second-order valence-electron chi connectivity index (χ2n) is 7.80. The molecule has 1 fully saturated rings. The van der Waals surface area contributed by atoms with E-state index < -0.39 is 17.2 Å². The van der Waals surface area contributed by atoms with E-state index in [1.807, 2.05) is 38.3 Å². The van der Waals surface area contributed by atoms with Gasteiger partial charge in [0, 0.05) is 6.54 Å². The first-order valence-corrected chi connectivity index (χ1v) is 9.93. The van der Waals surface area contributed by atoms with E-state index in [4.69, 9.17) is 9.15 Å². The molecule has 2 aromatic heterocycles. The van der Waals surface area contributed by atoms with Crippen molar-refractivity contribution < 1.29 is 18.7 Å². The molecule has 0 aromatic carbocycles. The third-order valence-corrected chi connectivity index (χ3v) is 5.31. The Bertz CT molecular complexity index is 786. The topological polar surface area (TPSA) is 93.5 Å². The van der Waals surface area contributed by atoms with Crippen molar-refractivity contribution in [2.75, 3.05) is 6.54 Å². The molecule has 0 radical (unpaired) electrons. The van der Waals surface area contributed by atoms with Crippen LogP contribution in [-0.4, -0.2) is 34.7 Å². The molecule has 2 amide bonds. The standard InChI is InChI=1S/C19H25N3O4S/c1-18(2,3)26-17(24)20-11-19(8-4-5-9-19)22-16(23)14-15(25-12-21-14)13-7-6-10-27-13/h6-7,10,12H,4-5,8-9,11H2,1-3H3,(H,20,24)(H,22,23). The lowest BCUT2D eigenvalue weighted by molar-refractivity contribution is 0.0504. The van der Waals surface area contributed by atoms with Gasteiger partial charge in [0.05, 0.1) is 10.4 Å². The molecule has 1 saturated carbocycles. The van der Waals surface area contributed by atoms with Crippen LogP contribution in [0.2, 0.25) is 0 Å². The number of thiophene rings is 1. The average molecular weight is 391 g/mol. The van der Waals surface area contributed by atoms with Crippen LogP contribution >= 0.6 is 11.3 Å². The van der Waals surface area contributed by atoms with E-state index in [0.717, 1.165) is 30.6 Å². The van der Waals surface area contributed by atoms with Crippen molar-refractivity contribution in [2.45, 2.75) is 57.6 Å². The van der Waals surface area contributed by atoms with Crippen molar-refractivity contribution in [3.63, 3.8) is 0 Å². The Kier molecular flexibility index (Phi) is 5.55. The fourth-order valence-electron chi connectivity index (χ4n) is 3.24. The smallest absolute Gasteiger partial charge is 0.407 e. The number of oxazole rings is 1. The van der Waals surface area contributed by atoms with E-state index in [9.17, 15) is 9.59 Å². The molecule has 27 heavy (non-hydrogen) atoms. The van der Waals surface area contributed by atoms with E-state index in [1.54, 1.807) is 0 Å². The first kappa shape index (κ1) is 19.4. The molecular formula is C19H25N3O4S. The lowest BCUT2D eigenvalue weighted by Crippen LogP contribution is -2.54. The second kappa shape index (κ2) is 7.72. The van der Waals surface area contributed by atoms with E-state index >= 15 is 0 Å². The van der Waals surface area contributed by atoms with Gasteiger partial charge in [-0.1, -0.05) is 18.9 Å². The van der Waals surface area contributed by atoms with Crippen LogP contribution in [0.5, 0.6) is 0 Å². The number of carbonyl (C=O) groups is 2. The number of hydrogen-bond acceptors (Lipinski definition) is 6. The maximum absolute atomic E-state index is 12.9. The highest BCUT2D eigenvalue weighted by Crippen LogP contribution is 2.31. The number of carbonyl (C=O) groups excluding carboxylic acids is 2. The van der Waals surface area contributed by atoms with Crippen molar-refractivity contribution in [3.8, 4) is 10.6 Å². The summed E-state index contributed by atoms with van der Waals surface area (Å²) < 4.78 is 10.7. The number of nitrogens with one attached hydrogen (secondary N) is 2. The van der Waals surface area contributed by atoms with Gasteiger partial charge in [0.25, 0.3) is 5.91 Å². The molecule has 0 saturated heterocycles. The predicted octanol–water partition coefficient (Wildman–Crippen LogP) is 3.97. The van der Waals surface area contributed by atoms with E-state index in [-0.39, 0.29) is 11.6 Å². The number of amides is 2. The number of ether oxygens (including phenoxy) is 1. The first-order valence-electron chi connectivity index (χ1n) is 9.05. The van der Waals surface area contributed by atoms with E-state index in [2.05, 4.69) is 15.6 Å². The summed E-state index contributed by atoms with van der Waals surface area (Å²) in [4.78, 5) is 29.8. The summed E-state index contributed by atoms with van der Waals surface area (Å²) in [6, 6.07) is 3.78. The summed E-state index contributed by atoms with van der Waals surface area (Å²) >= 11 is 1.49. The van der Waals surface area contributed by atoms with Crippen LogP contribution in [-0.2, 0) is 4.74 Å². The third-order valence-electron chi connectivity index (χ3n) is 4.44. The lowest BCUT2D eigenvalue weighted by atomic mass is 9.97. The zero-order valence-corrected chi connectivity index (χ0v) is 16.6. The molecule has 0 aliphatic heterocycles. The van der Waals surface area contributed by atoms with Gasteiger partial charge in [-0.3, -0.25) is 4.79 Å². The lowest BCUT2D eigenvalue weighted by Gasteiger charge is -2.31. The van der Waals surface area contributed by atoms with E-state index in [1.165, 1.54) is 17.7 Å². The number of aromatic nitrogens is 1. The molecule has 1 aliphatic rings. The Morgan fingerprint density at radius 3 is 2.70 bits per heavy atom. The molecule has 0 atom stereocenters. The van der Waals surface area contributed by atoms with Gasteiger partial charge in [-0.05, 0) is 45.1 Å². The van der Waals surface area contributed by atoms with Crippen molar-refractivity contribution in [1.29, 1.82) is 0 Å². The van der Waals surface area contributed by atoms with Gasteiger partial charge in [0.1, 0.15) is 5.60 Å². The minimum atomic E-state index is -0.563. The molecule has 3 rings (SSSR count). The van der Waals surface area contributed by atoms with Gasteiger partial charge in [-0.15, -0.1) is 11.3 Å². The largest absolute Gasteiger partial charge is 0.444 e. The highest BCUT2D eigenvalue weighted by Gasteiger charge is 2.37. The van der Waals surface area contributed by atoms with Crippen LogP contribution in [0.1, 0.15) is 56.9 Å². The summed E-state index contributed by atoms with van der Waals surface area (Å²) in [6.07, 6.45) is 4.37. The summed E-state index contributed by atoms with van der Waals surface area (Å²) in [6.45, 7) is 5.77. The molecule has 2 aromatic rings. The van der Waals surface area contributed by atoms with E-state index in [0.29, 0.717) is 12.3 Å². The SMILES string of the molecule is CC(C)(C)OC(=O)NCC1(NC(=O)c2ncoc2-c2cccs2)CCCC1. The van der Waals surface area contributed by atoms with Gasteiger partial charge in [-0.25, -0.2) is 9.78 Å². The number of nitrogens with zero attached hydrogens (tertiary/aromatic N) is 1. The molecule has 2 heterocycles. The Hall–Kier alpha value is -2.35. The normalized spacial score (nSPS) is 16.1. The quantitative estimate of drug-likeness (QED) is 0.804. The summed E-state index contributed by atoms with van der Waals surface area (Å²) in [5, 5.41) is 7.80. The second-order valence-corrected chi connectivity index (χ2v) is 8.75. The molecule has 1 aliphatic carbocycles. The minimum Gasteiger partial charge on any atom is -0.444 e. The molecule has 7 nitrogen and oxygen atoms in total. The molecular weight excluding hydrogens is 366 g/mol. The molecule has 146 valence electrons. The Morgan fingerprint density at radius 1 is 1.33 bits per heavy atom. The summed E-state index contributed by atoms with van der Waals surface area (Å²) in [7, 11) is 0. The molecule has 0 spiro atoms. The first-order chi connectivity index (χ1) is 12.8. The zero-order valence-electron chi connectivity index (χ0n) is 15.8. The number of hydrogen-bond donors (Lipinski definition) is 2. The fourth-order valence-corrected chi connectivity index (χ4v) is 3.96. The molecule has 8 heteroatoms. The molecule has 2 N–H and O–H groups in total. The van der Waals surface area contributed by atoms with Crippen LogP contribution in [0.3, 0.4) is 0 Å². The Labute approximate surface area is 162 Å². The van der Waals surface area contributed by atoms with Gasteiger partial charge in [-0.2, -0.15) is 0 Å². The molecule has 0 bridgehead atoms. The predicted molar refractivity (Wildman–Crippen MR) is 103 cm³/mol. The average Bonchev–Trinajstić information content (AvgIpc) is 3.32. The van der Waals surface area contributed by atoms with Crippen LogP contribution in [0.15, 0.2) is 28.3 Å². The zero-order chi connectivity index (χ0) is 19.5. The monoisotopic (exact) mass is 391 g/mol. The minimum absolute atomic E-state index is 0.265. The van der Waals surface area contributed by atoms with Crippen molar-refractivity contribution in [3.05, 3.63) is 29.6 Å². The summed E-state index contributed by atoms with van der Waals surface area (Å²) in [5.74, 6) is 0.177. The fraction of sp³-hybridized carbons (Fsp3) is 0.526. The van der Waals surface area contributed by atoms with Crippen LogP contribution in [0.25, 0.3) is 10.6 Å². The van der Waals surface area contributed by atoms with Crippen molar-refractivity contribution in [1.82, 2.24) is 15.6 Å².